The molecule has 8 heteroatoms. The topological polar surface area (TPSA) is 69.0 Å². The molecule has 3 rings (SSSR count). The molecule has 0 unspecified atom stereocenters. The molecule has 1 aromatic carbocycles. The Labute approximate surface area is 124 Å². The highest BCUT2D eigenvalue weighted by atomic mass is 35.5. The van der Waals surface area contributed by atoms with Gasteiger partial charge in [-0.15, -0.1) is 5.10 Å². The van der Waals surface area contributed by atoms with Crippen molar-refractivity contribution in [3.63, 3.8) is 0 Å². The second-order valence-electron chi connectivity index (χ2n) is 4.39. The number of nitrogens with one attached hydrogen (secondary N) is 1. The largest absolute Gasteiger partial charge is 0.447 e. The summed E-state index contributed by atoms with van der Waals surface area (Å²) >= 11 is 11.8. The zero-order valence-corrected chi connectivity index (χ0v) is 11.7. The van der Waals surface area contributed by atoms with Crippen LogP contribution in [0.5, 0.6) is 0 Å². The molecule has 1 aliphatic heterocycles. The van der Waals surface area contributed by atoms with E-state index in [9.17, 15) is 4.79 Å². The van der Waals surface area contributed by atoms with Crippen LogP contribution in [0.15, 0.2) is 24.4 Å². The van der Waals surface area contributed by atoms with Gasteiger partial charge in [-0.05, 0) is 12.1 Å². The Morgan fingerprint density at radius 3 is 2.95 bits per heavy atom. The van der Waals surface area contributed by atoms with E-state index >= 15 is 0 Å². The summed E-state index contributed by atoms with van der Waals surface area (Å²) in [5.41, 5.74) is 1.52. The van der Waals surface area contributed by atoms with Crippen LogP contribution in [0, 0.1) is 0 Å². The number of nitrogens with zero attached hydrogens (tertiary/aromatic N) is 3. The van der Waals surface area contributed by atoms with E-state index in [-0.39, 0.29) is 6.04 Å². The fourth-order valence-corrected chi connectivity index (χ4v) is 2.22. The first-order valence-electron chi connectivity index (χ1n) is 5.90. The maximum absolute atomic E-state index is 10.9. The number of cyclic esters (lactones) is 1. The molecule has 0 saturated carbocycles. The van der Waals surface area contributed by atoms with Gasteiger partial charge in [-0.2, -0.15) is 0 Å². The Morgan fingerprint density at radius 1 is 1.40 bits per heavy atom. The molecule has 20 heavy (non-hydrogen) atoms. The van der Waals surface area contributed by atoms with Crippen molar-refractivity contribution < 1.29 is 9.53 Å². The minimum absolute atomic E-state index is 0.0918. The summed E-state index contributed by atoms with van der Waals surface area (Å²) in [7, 11) is 0. The van der Waals surface area contributed by atoms with Crippen LogP contribution in [0.3, 0.4) is 0 Å². The zero-order valence-electron chi connectivity index (χ0n) is 10.2. The molecule has 1 fully saturated rings. The SMILES string of the molecule is O=C1N[C@@H](Cn2cc(-c3ccc(Cl)c(Cl)c3)nn2)CO1. The maximum atomic E-state index is 10.9. The van der Waals surface area contributed by atoms with Gasteiger partial charge in [0.15, 0.2) is 0 Å². The molecule has 104 valence electrons. The van der Waals surface area contributed by atoms with Crippen LogP contribution in [0.25, 0.3) is 11.3 Å². The van der Waals surface area contributed by atoms with E-state index < -0.39 is 6.09 Å². The first-order chi connectivity index (χ1) is 9.61. The van der Waals surface area contributed by atoms with Crippen molar-refractivity contribution in [3.05, 3.63) is 34.4 Å². The maximum Gasteiger partial charge on any atom is 0.407 e. The van der Waals surface area contributed by atoms with Crippen molar-refractivity contribution in [3.8, 4) is 11.3 Å². The van der Waals surface area contributed by atoms with Crippen LogP contribution in [-0.2, 0) is 11.3 Å². The van der Waals surface area contributed by atoms with E-state index in [0.29, 0.717) is 28.9 Å². The van der Waals surface area contributed by atoms with Crippen LogP contribution >= 0.6 is 23.2 Å². The second-order valence-corrected chi connectivity index (χ2v) is 5.21. The molecule has 1 amide bonds. The third kappa shape index (κ3) is 2.71. The van der Waals surface area contributed by atoms with E-state index in [1.165, 1.54) is 0 Å². The number of benzene rings is 1. The van der Waals surface area contributed by atoms with Crippen molar-refractivity contribution in [2.45, 2.75) is 12.6 Å². The average Bonchev–Trinajstić information content (AvgIpc) is 3.03. The van der Waals surface area contributed by atoms with Crippen molar-refractivity contribution in [2.75, 3.05) is 6.61 Å². The zero-order chi connectivity index (χ0) is 14.1. The van der Waals surface area contributed by atoms with Crippen LogP contribution in [0.1, 0.15) is 0 Å². The molecular weight excluding hydrogens is 303 g/mol. The molecular formula is C12H10Cl2N4O2. The molecule has 0 spiro atoms. The first kappa shape index (κ1) is 13.2. The number of halogens is 2. The predicted octanol–water partition coefficient (Wildman–Crippen LogP) is 2.36. The summed E-state index contributed by atoms with van der Waals surface area (Å²) in [6, 6.07) is 5.18. The Balaban J connectivity index is 1.76. The molecule has 1 saturated heterocycles. The van der Waals surface area contributed by atoms with Crippen LogP contribution < -0.4 is 5.32 Å². The van der Waals surface area contributed by atoms with Gasteiger partial charge in [0, 0.05) is 5.56 Å². The summed E-state index contributed by atoms with van der Waals surface area (Å²) in [5, 5.41) is 11.7. The molecule has 1 aromatic heterocycles. The number of carbonyl (C=O) groups excluding carboxylic acids is 1. The minimum atomic E-state index is -0.403. The fraction of sp³-hybridized carbons (Fsp3) is 0.250. The molecule has 2 aromatic rings. The van der Waals surface area contributed by atoms with Gasteiger partial charge in [-0.25, -0.2) is 9.48 Å². The van der Waals surface area contributed by atoms with Gasteiger partial charge < -0.3 is 10.1 Å². The molecule has 6 nitrogen and oxygen atoms in total. The van der Waals surface area contributed by atoms with E-state index in [2.05, 4.69) is 15.6 Å². The van der Waals surface area contributed by atoms with Gasteiger partial charge in [0.2, 0.25) is 0 Å². The lowest BCUT2D eigenvalue weighted by molar-refractivity contribution is 0.176. The summed E-state index contributed by atoms with van der Waals surface area (Å²) < 4.78 is 6.46. The van der Waals surface area contributed by atoms with E-state index in [4.69, 9.17) is 27.9 Å². The standard InChI is InChI=1S/C12H10Cl2N4O2/c13-9-2-1-7(3-10(9)14)11-5-18(17-16-11)4-8-6-20-12(19)15-8/h1-3,5,8H,4,6H2,(H,15,19)/t8-/m0/s1. The van der Waals surface area contributed by atoms with Crippen molar-refractivity contribution >= 4 is 29.3 Å². The summed E-state index contributed by atoms with van der Waals surface area (Å²) in [6.45, 7) is 0.834. The average molecular weight is 313 g/mol. The number of alkyl carbamates (subject to hydrolysis) is 1. The normalized spacial score (nSPS) is 17.9. The Morgan fingerprint density at radius 2 is 2.25 bits per heavy atom. The number of carbonyl (C=O) groups is 1. The van der Waals surface area contributed by atoms with Gasteiger partial charge in [0.05, 0.1) is 28.8 Å². The number of rotatable bonds is 3. The quantitative estimate of drug-likeness (QED) is 0.944. The Kier molecular flexibility index (Phi) is 3.50. The smallest absolute Gasteiger partial charge is 0.407 e. The summed E-state index contributed by atoms with van der Waals surface area (Å²) in [5.74, 6) is 0. The summed E-state index contributed by atoms with van der Waals surface area (Å²) in [6.07, 6.45) is 1.38. The number of hydrogen-bond acceptors (Lipinski definition) is 4. The molecule has 0 bridgehead atoms. The van der Waals surface area contributed by atoms with Gasteiger partial charge in [0.1, 0.15) is 12.3 Å². The highest BCUT2D eigenvalue weighted by Gasteiger charge is 2.22. The fourth-order valence-electron chi connectivity index (χ4n) is 1.93. The Hall–Kier alpha value is -1.79. The lowest BCUT2D eigenvalue weighted by atomic mass is 10.2. The lowest BCUT2D eigenvalue weighted by Crippen LogP contribution is -2.30. The highest BCUT2D eigenvalue weighted by molar-refractivity contribution is 6.42. The van der Waals surface area contributed by atoms with Crippen LogP contribution in [0.4, 0.5) is 4.79 Å². The monoisotopic (exact) mass is 312 g/mol. The third-order valence-electron chi connectivity index (χ3n) is 2.90. The second kappa shape index (κ2) is 5.30. The van der Waals surface area contributed by atoms with Gasteiger partial charge in [-0.1, -0.05) is 34.5 Å². The first-order valence-corrected chi connectivity index (χ1v) is 6.66. The van der Waals surface area contributed by atoms with Crippen molar-refractivity contribution in [2.24, 2.45) is 0 Å². The number of hydrogen-bond donors (Lipinski definition) is 1. The van der Waals surface area contributed by atoms with Gasteiger partial charge in [0.25, 0.3) is 0 Å². The Bertz CT molecular complexity index is 659. The minimum Gasteiger partial charge on any atom is -0.447 e. The number of amides is 1. The van der Waals surface area contributed by atoms with Crippen LogP contribution in [0.2, 0.25) is 10.0 Å². The van der Waals surface area contributed by atoms with Crippen molar-refractivity contribution in [1.29, 1.82) is 0 Å². The van der Waals surface area contributed by atoms with E-state index in [1.54, 1.807) is 23.0 Å². The van der Waals surface area contributed by atoms with Crippen LogP contribution in [-0.4, -0.2) is 33.7 Å². The molecule has 1 atom stereocenters. The van der Waals surface area contributed by atoms with Gasteiger partial charge in [-0.3, -0.25) is 0 Å². The molecule has 0 radical (unpaired) electrons. The van der Waals surface area contributed by atoms with Crippen molar-refractivity contribution in [1.82, 2.24) is 20.3 Å². The number of aromatic nitrogens is 3. The molecule has 2 heterocycles. The summed E-state index contributed by atoms with van der Waals surface area (Å²) in [4.78, 5) is 10.9. The molecule has 1 aliphatic rings. The van der Waals surface area contributed by atoms with E-state index in [0.717, 1.165) is 5.56 Å². The highest BCUT2D eigenvalue weighted by Crippen LogP contribution is 2.27. The number of ether oxygens (including phenoxy) is 1. The molecule has 1 N–H and O–H groups in total. The lowest BCUT2D eigenvalue weighted by Gasteiger charge is -2.05. The third-order valence-corrected chi connectivity index (χ3v) is 3.64. The molecule has 0 aliphatic carbocycles. The van der Waals surface area contributed by atoms with E-state index in [1.807, 2.05) is 6.07 Å². The van der Waals surface area contributed by atoms with Gasteiger partial charge >= 0.3 is 6.09 Å². The predicted molar refractivity (Wildman–Crippen MR) is 73.7 cm³/mol.